The molecule has 0 aliphatic carbocycles. The van der Waals surface area contributed by atoms with Crippen molar-refractivity contribution in [3.05, 3.63) is 44.9 Å². The molecule has 0 saturated heterocycles. The Kier molecular flexibility index (Phi) is 5.40. The highest BCUT2D eigenvalue weighted by Crippen LogP contribution is 2.47. The number of rotatable bonds is 5. The SMILES string of the molecule is COCCOc1c(O)cc(Br)c2c1CN1CCc3cc(OC)c(O)cc3[C@@H]1C2. The zero-order chi connectivity index (χ0) is 19.8. The van der Waals surface area contributed by atoms with Crippen LogP contribution in [-0.4, -0.2) is 49.1 Å². The second-order valence-corrected chi connectivity index (χ2v) is 8.02. The van der Waals surface area contributed by atoms with Crippen molar-refractivity contribution in [2.45, 2.75) is 25.4 Å². The zero-order valence-electron chi connectivity index (χ0n) is 16.0. The molecule has 0 aromatic heterocycles. The Labute approximate surface area is 172 Å². The number of hydrogen-bond donors (Lipinski definition) is 2. The molecule has 28 heavy (non-hydrogen) atoms. The third kappa shape index (κ3) is 3.32. The molecule has 0 fully saturated rings. The predicted molar refractivity (Wildman–Crippen MR) is 108 cm³/mol. The fourth-order valence-electron chi connectivity index (χ4n) is 4.24. The number of phenolic OH excluding ortho intramolecular Hbond substituents is 2. The second kappa shape index (κ2) is 7.81. The van der Waals surface area contributed by atoms with Crippen LogP contribution in [-0.2, 0) is 24.1 Å². The van der Waals surface area contributed by atoms with Crippen LogP contribution in [0.4, 0.5) is 0 Å². The Morgan fingerprint density at radius 3 is 2.68 bits per heavy atom. The maximum atomic E-state index is 10.4. The Bertz CT molecular complexity index is 901. The van der Waals surface area contributed by atoms with Gasteiger partial charge in [-0.15, -0.1) is 0 Å². The van der Waals surface area contributed by atoms with Crippen LogP contribution in [0.5, 0.6) is 23.0 Å². The normalized spacial score (nSPS) is 18.2. The van der Waals surface area contributed by atoms with E-state index in [0.29, 0.717) is 31.3 Å². The van der Waals surface area contributed by atoms with E-state index in [0.717, 1.165) is 40.5 Å². The van der Waals surface area contributed by atoms with Crippen molar-refractivity contribution in [2.75, 3.05) is 34.0 Å². The van der Waals surface area contributed by atoms with Gasteiger partial charge in [0.15, 0.2) is 23.0 Å². The van der Waals surface area contributed by atoms with E-state index in [1.165, 1.54) is 5.56 Å². The molecule has 2 N–H and O–H groups in total. The first-order chi connectivity index (χ1) is 13.5. The molecule has 150 valence electrons. The maximum Gasteiger partial charge on any atom is 0.165 e. The van der Waals surface area contributed by atoms with Crippen molar-refractivity contribution >= 4 is 15.9 Å². The van der Waals surface area contributed by atoms with Gasteiger partial charge in [-0.3, -0.25) is 4.90 Å². The lowest BCUT2D eigenvalue weighted by molar-refractivity contribution is 0.135. The van der Waals surface area contributed by atoms with Crippen molar-refractivity contribution in [1.29, 1.82) is 0 Å². The van der Waals surface area contributed by atoms with Crippen LogP contribution < -0.4 is 9.47 Å². The molecule has 0 spiro atoms. The molecule has 0 amide bonds. The minimum atomic E-state index is 0.139. The number of ether oxygens (including phenoxy) is 3. The first-order valence-electron chi connectivity index (χ1n) is 9.32. The molecule has 0 unspecified atom stereocenters. The van der Waals surface area contributed by atoms with Crippen molar-refractivity contribution in [2.24, 2.45) is 0 Å². The van der Waals surface area contributed by atoms with E-state index in [1.807, 2.05) is 12.1 Å². The number of benzene rings is 2. The standard InChI is InChI=1S/C21H24BrNO5/c1-26-5-6-28-21-15-11-23-4-3-12-7-20(27-2)18(24)9-13(12)17(23)8-14(15)16(22)10-19(21)25/h7,9-10,17,24-25H,3-6,8,11H2,1-2H3/t17-/m0/s1. The van der Waals surface area contributed by atoms with Crippen LogP contribution in [0.15, 0.2) is 22.7 Å². The Balaban J connectivity index is 1.72. The third-order valence-corrected chi connectivity index (χ3v) is 6.33. The van der Waals surface area contributed by atoms with Crippen LogP contribution in [0, 0.1) is 0 Å². The van der Waals surface area contributed by atoms with Gasteiger partial charge in [-0.1, -0.05) is 15.9 Å². The number of aromatic hydroxyl groups is 2. The average molecular weight is 450 g/mol. The number of nitrogens with zero attached hydrogens (tertiary/aromatic N) is 1. The first-order valence-corrected chi connectivity index (χ1v) is 10.1. The van der Waals surface area contributed by atoms with E-state index >= 15 is 0 Å². The van der Waals surface area contributed by atoms with Crippen LogP contribution in [0.3, 0.4) is 0 Å². The molecule has 0 saturated carbocycles. The minimum absolute atomic E-state index is 0.139. The van der Waals surface area contributed by atoms with Crippen molar-refractivity contribution < 1.29 is 24.4 Å². The molecule has 4 rings (SSSR count). The van der Waals surface area contributed by atoms with Gasteiger partial charge in [-0.2, -0.15) is 0 Å². The highest BCUT2D eigenvalue weighted by Gasteiger charge is 2.36. The lowest BCUT2D eigenvalue weighted by Crippen LogP contribution is -2.39. The summed E-state index contributed by atoms with van der Waals surface area (Å²) in [6.45, 7) is 2.43. The number of phenols is 2. The van der Waals surface area contributed by atoms with Gasteiger partial charge < -0.3 is 24.4 Å². The molecule has 1 atom stereocenters. The monoisotopic (exact) mass is 449 g/mol. The van der Waals surface area contributed by atoms with E-state index in [9.17, 15) is 10.2 Å². The van der Waals surface area contributed by atoms with E-state index in [4.69, 9.17) is 14.2 Å². The Hall–Kier alpha value is -1.96. The van der Waals surface area contributed by atoms with E-state index in [-0.39, 0.29) is 17.5 Å². The maximum absolute atomic E-state index is 10.4. The molecule has 2 aromatic carbocycles. The lowest BCUT2D eigenvalue weighted by atomic mass is 9.83. The molecule has 2 aromatic rings. The first kappa shape index (κ1) is 19.4. The summed E-state index contributed by atoms with van der Waals surface area (Å²) in [4.78, 5) is 2.38. The Morgan fingerprint density at radius 1 is 1.11 bits per heavy atom. The van der Waals surface area contributed by atoms with Crippen LogP contribution in [0.25, 0.3) is 0 Å². The predicted octanol–water partition coefficient (Wildman–Crippen LogP) is 3.55. The summed E-state index contributed by atoms with van der Waals surface area (Å²) < 4.78 is 17.1. The zero-order valence-corrected chi connectivity index (χ0v) is 17.6. The molecule has 0 bridgehead atoms. The highest BCUT2D eigenvalue weighted by molar-refractivity contribution is 9.10. The Morgan fingerprint density at radius 2 is 1.93 bits per heavy atom. The van der Waals surface area contributed by atoms with E-state index in [2.05, 4.69) is 20.8 Å². The molecule has 7 heteroatoms. The number of fused-ring (bicyclic) bond motifs is 4. The topological polar surface area (TPSA) is 71.4 Å². The quantitative estimate of drug-likeness (QED) is 0.680. The minimum Gasteiger partial charge on any atom is -0.504 e. The number of halogens is 1. The van der Waals surface area contributed by atoms with Gasteiger partial charge in [-0.25, -0.2) is 0 Å². The number of methoxy groups -OCH3 is 2. The summed E-state index contributed by atoms with van der Waals surface area (Å²) in [5.41, 5.74) is 4.50. The summed E-state index contributed by atoms with van der Waals surface area (Å²) in [6.07, 6.45) is 1.66. The van der Waals surface area contributed by atoms with Crippen molar-refractivity contribution in [3.63, 3.8) is 0 Å². The third-order valence-electron chi connectivity index (χ3n) is 5.62. The van der Waals surface area contributed by atoms with Gasteiger partial charge in [0, 0.05) is 36.3 Å². The fraction of sp³-hybridized carbons (Fsp3) is 0.429. The van der Waals surface area contributed by atoms with Crippen LogP contribution in [0.1, 0.15) is 28.3 Å². The summed E-state index contributed by atoms with van der Waals surface area (Å²) in [7, 11) is 3.20. The van der Waals surface area contributed by atoms with Crippen LogP contribution >= 0.6 is 15.9 Å². The lowest BCUT2D eigenvalue weighted by Gasteiger charge is -2.42. The number of hydrogen-bond acceptors (Lipinski definition) is 6. The molecule has 0 radical (unpaired) electrons. The largest absolute Gasteiger partial charge is 0.504 e. The van der Waals surface area contributed by atoms with Crippen molar-refractivity contribution in [3.8, 4) is 23.0 Å². The molecule has 2 aliphatic heterocycles. The molecule has 6 nitrogen and oxygen atoms in total. The van der Waals surface area contributed by atoms with Gasteiger partial charge in [0.25, 0.3) is 0 Å². The fourth-order valence-corrected chi connectivity index (χ4v) is 4.86. The summed E-state index contributed by atoms with van der Waals surface area (Å²) in [6, 6.07) is 5.65. The smallest absolute Gasteiger partial charge is 0.165 e. The van der Waals surface area contributed by atoms with Gasteiger partial charge in [0.05, 0.1) is 13.7 Å². The molecule has 2 heterocycles. The molecular formula is C21H24BrNO5. The molecule has 2 aliphatic rings. The van der Waals surface area contributed by atoms with Crippen LogP contribution in [0.2, 0.25) is 0 Å². The van der Waals surface area contributed by atoms with E-state index in [1.54, 1.807) is 20.3 Å². The average Bonchev–Trinajstić information content (AvgIpc) is 2.69. The van der Waals surface area contributed by atoms with Gasteiger partial charge in [0.1, 0.15) is 6.61 Å². The van der Waals surface area contributed by atoms with E-state index < -0.39 is 0 Å². The summed E-state index contributed by atoms with van der Waals surface area (Å²) >= 11 is 3.61. The van der Waals surface area contributed by atoms with Crippen molar-refractivity contribution in [1.82, 2.24) is 4.90 Å². The van der Waals surface area contributed by atoms with Gasteiger partial charge >= 0.3 is 0 Å². The second-order valence-electron chi connectivity index (χ2n) is 7.17. The van der Waals surface area contributed by atoms with Gasteiger partial charge in [-0.05, 0) is 47.7 Å². The summed E-state index contributed by atoms with van der Waals surface area (Å²) in [5, 5.41) is 20.7. The van der Waals surface area contributed by atoms with Gasteiger partial charge in [0.2, 0.25) is 0 Å². The summed E-state index contributed by atoms with van der Waals surface area (Å²) in [5.74, 6) is 1.36. The molecular weight excluding hydrogens is 426 g/mol. The highest BCUT2D eigenvalue weighted by atomic mass is 79.9.